The van der Waals surface area contributed by atoms with Crippen molar-refractivity contribution in [3.8, 4) is 11.1 Å². The van der Waals surface area contributed by atoms with Crippen molar-refractivity contribution < 1.29 is 19.5 Å². The van der Waals surface area contributed by atoms with Gasteiger partial charge in [-0.05, 0) is 60.7 Å². The summed E-state index contributed by atoms with van der Waals surface area (Å²) in [7, 11) is 0. The molecule has 8 heteroatoms. The number of aliphatic carboxylic acids is 1. The standard InChI is InChI=1S/C30H32N4O4/c31-17-7-6-12-26(30(37)38)33-29(36)27(18-23-19-32-25-11-5-4-10-24(23)25)34-28(35)22-15-13-21(14-16-22)20-8-2-1-3-9-20/h1-5,8-11,13-16,19,26-27,32H,6-7,12,17-18,31H2,(H,33,36)(H,34,35)(H,37,38). The molecule has 1 heterocycles. The number of hydrogen-bond donors (Lipinski definition) is 5. The van der Waals surface area contributed by atoms with Gasteiger partial charge in [-0.15, -0.1) is 0 Å². The zero-order valence-corrected chi connectivity index (χ0v) is 21.0. The predicted molar refractivity (Wildman–Crippen MR) is 148 cm³/mol. The molecule has 0 fully saturated rings. The molecular formula is C30H32N4O4. The molecule has 3 aromatic carbocycles. The zero-order valence-electron chi connectivity index (χ0n) is 21.0. The van der Waals surface area contributed by atoms with Crippen molar-refractivity contribution in [1.82, 2.24) is 15.6 Å². The number of benzene rings is 3. The van der Waals surface area contributed by atoms with E-state index in [0.29, 0.717) is 24.9 Å². The van der Waals surface area contributed by atoms with Gasteiger partial charge in [0.2, 0.25) is 5.91 Å². The molecular weight excluding hydrogens is 480 g/mol. The summed E-state index contributed by atoms with van der Waals surface area (Å²) in [6.45, 7) is 0.447. The Morgan fingerprint density at radius 3 is 2.21 bits per heavy atom. The van der Waals surface area contributed by atoms with E-state index >= 15 is 0 Å². The van der Waals surface area contributed by atoms with Crippen LogP contribution in [0.2, 0.25) is 0 Å². The fourth-order valence-corrected chi connectivity index (χ4v) is 4.44. The van der Waals surface area contributed by atoms with Crippen LogP contribution in [0.4, 0.5) is 0 Å². The minimum Gasteiger partial charge on any atom is -0.480 e. The number of para-hydroxylation sites is 1. The molecule has 38 heavy (non-hydrogen) atoms. The Bertz CT molecular complexity index is 1380. The van der Waals surface area contributed by atoms with E-state index in [1.807, 2.05) is 72.9 Å². The van der Waals surface area contributed by atoms with Gasteiger partial charge in [0.1, 0.15) is 12.1 Å². The highest BCUT2D eigenvalue weighted by atomic mass is 16.4. The lowest BCUT2D eigenvalue weighted by molar-refractivity contribution is -0.142. The van der Waals surface area contributed by atoms with Crippen LogP contribution in [0.25, 0.3) is 22.0 Å². The first kappa shape index (κ1) is 26.6. The van der Waals surface area contributed by atoms with Gasteiger partial charge in [-0.2, -0.15) is 0 Å². The second kappa shape index (κ2) is 12.7. The first-order chi connectivity index (χ1) is 18.5. The zero-order chi connectivity index (χ0) is 26.9. The number of carbonyl (C=O) groups is 3. The van der Waals surface area contributed by atoms with Crippen LogP contribution >= 0.6 is 0 Å². The average molecular weight is 513 g/mol. The minimum atomic E-state index is -1.12. The Balaban J connectivity index is 1.54. The number of carboxylic acid groups (broad SMARTS) is 1. The number of rotatable bonds is 12. The Morgan fingerprint density at radius 2 is 1.50 bits per heavy atom. The van der Waals surface area contributed by atoms with Crippen molar-refractivity contribution in [3.63, 3.8) is 0 Å². The van der Waals surface area contributed by atoms with Crippen molar-refractivity contribution in [2.24, 2.45) is 5.73 Å². The third kappa shape index (κ3) is 6.66. The number of aromatic nitrogens is 1. The van der Waals surface area contributed by atoms with E-state index in [9.17, 15) is 19.5 Å². The van der Waals surface area contributed by atoms with Gasteiger partial charge in [-0.3, -0.25) is 9.59 Å². The van der Waals surface area contributed by atoms with Crippen LogP contribution in [0.5, 0.6) is 0 Å². The summed E-state index contributed by atoms with van der Waals surface area (Å²) in [5.74, 6) is -2.09. The van der Waals surface area contributed by atoms with Crippen LogP contribution in [0.3, 0.4) is 0 Å². The molecule has 0 spiro atoms. The van der Waals surface area contributed by atoms with Gasteiger partial charge < -0.3 is 26.5 Å². The average Bonchev–Trinajstić information content (AvgIpc) is 3.35. The molecule has 196 valence electrons. The number of amides is 2. The maximum atomic E-state index is 13.3. The summed E-state index contributed by atoms with van der Waals surface area (Å²) >= 11 is 0. The molecule has 0 bridgehead atoms. The number of nitrogens with two attached hydrogens (primary N) is 1. The number of nitrogens with one attached hydrogen (secondary N) is 3. The van der Waals surface area contributed by atoms with Gasteiger partial charge in [0.15, 0.2) is 0 Å². The fourth-order valence-electron chi connectivity index (χ4n) is 4.44. The molecule has 4 rings (SSSR count). The number of H-pyrrole nitrogens is 1. The second-order valence-electron chi connectivity index (χ2n) is 9.22. The van der Waals surface area contributed by atoms with Crippen molar-refractivity contribution in [2.45, 2.75) is 37.8 Å². The highest BCUT2D eigenvalue weighted by molar-refractivity contribution is 5.99. The number of hydrogen-bond acceptors (Lipinski definition) is 4. The van der Waals surface area contributed by atoms with Crippen LogP contribution in [-0.2, 0) is 16.0 Å². The van der Waals surface area contributed by atoms with Crippen molar-refractivity contribution in [1.29, 1.82) is 0 Å². The molecule has 2 unspecified atom stereocenters. The third-order valence-electron chi connectivity index (χ3n) is 6.54. The van der Waals surface area contributed by atoms with E-state index in [2.05, 4.69) is 15.6 Å². The Morgan fingerprint density at radius 1 is 0.816 bits per heavy atom. The molecule has 2 amide bonds. The van der Waals surface area contributed by atoms with Crippen LogP contribution in [0.15, 0.2) is 85.1 Å². The molecule has 0 aliphatic heterocycles. The summed E-state index contributed by atoms with van der Waals surface area (Å²) in [6, 6.07) is 22.6. The molecule has 1 aromatic heterocycles. The van der Waals surface area contributed by atoms with E-state index < -0.39 is 29.9 Å². The normalized spacial score (nSPS) is 12.6. The number of fused-ring (bicyclic) bond motifs is 1. The fraction of sp³-hybridized carbons (Fsp3) is 0.233. The topological polar surface area (TPSA) is 137 Å². The van der Waals surface area contributed by atoms with E-state index in [1.165, 1.54) is 0 Å². The molecule has 0 aliphatic rings. The predicted octanol–water partition coefficient (Wildman–Crippen LogP) is 3.87. The van der Waals surface area contributed by atoms with Gasteiger partial charge in [0.25, 0.3) is 5.91 Å². The van der Waals surface area contributed by atoms with Gasteiger partial charge in [-0.25, -0.2) is 4.79 Å². The van der Waals surface area contributed by atoms with Gasteiger partial charge in [-0.1, -0.05) is 60.7 Å². The lowest BCUT2D eigenvalue weighted by Crippen LogP contribution is -2.52. The summed E-state index contributed by atoms with van der Waals surface area (Å²) in [4.78, 5) is 41.5. The number of unbranched alkanes of at least 4 members (excludes halogenated alkanes) is 1. The largest absolute Gasteiger partial charge is 0.480 e. The van der Waals surface area contributed by atoms with Crippen molar-refractivity contribution in [3.05, 3.63) is 96.2 Å². The molecule has 6 N–H and O–H groups in total. The first-order valence-electron chi connectivity index (χ1n) is 12.7. The van der Waals surface area contributed by atoms with Crippen LogP contribution in [0, 0.1) is 0 Å². The van der Waals surface area contributed by atoms with E-state index in [1.54, 1.807) is 12.1 Å². The minimum absolute atomic E-state index is 0.193. The maximum Gasteiger partial charge on any atom is 0.326 e. The van der Waals surface area contributed by atoms with E-state index in [4.69, 9.17) is 5.73 Å². The van der Waals surface area contributed by atoms with Gasteiger partial charge in [0, 0.05) is 29.1 Å². The van der Waals surface area contributed by atoms with Crippen molar-refractivity contribution in [2.75, 3.05) is 6.54 Å². The lowest BCUT2D eigenvalue weighted by Gasteiger charge is -2.21. The van der Waals surface area contributed by atoms with Gasteiger partial charge in [0.05, 0.1) is 0 Å². The first-order valence-corrected chi connectivity index (χ1v) is 12.7. The molecule has 8 nitrogen and oxygen atoms in total. The monoisotopic (exact) mass is 512 g/mol. The quantitative estimate of drug-likeness (QED) is 0.184. The maximum absolute atomic E-state index is 13.3. The number of aromatic amines is 1. The van der Waals surface area contributed by atoms with Gasteiger partial charge >= 0.3 is 5.97 Å². The lowest BCUT2D eigenvalue weighted by atomic mass is 10.0. The molecule has 0 aliphatic carbocycles. The number of carbonyl (C=O) groups excluding carboxylic acids is 2. The molecule has 0 saturated heterocycles. The SMILES string of the molecule is NCCCCC(NC(=O)C(Cc1c[nH]c2ccccc12)NC(=O)c1ccc(-c2ccccc2)cc1)C(=O)O. The van der Waals surface area contributed by atoms with Crippen LogP contribution in [-0.4, -0.2) is 46.5 Å². The molecule has 4 aromatic rings. The second-order valence-corrected chi connectivity index (χ2v) is 9.22. The van der Waals surface area contributed by atoms with Crippen LogP contribution < -0.4 is 16.4 Å². The summed E-state index contributed by atoms with van der Waals surface area (Å²) in [5.41, 5.74) is 9.69. The third-order valence-corrected chi connectivity index (χ3v) is 6.54. The van der Waals surface area contributed by atoms with E-state index in [-0.39, 0.29) is 12.8 Å². The Labute approximate surface area is 221 Å². The smallest absolute Gasteiger partial charge is 0.326 e. The Hall–Kier alpha value is -4.43. The molecule has 2 atom stereocenters. The van der Waals surface area contributed by atoms with Crippen molar-refractivity contribution >= 4 is 28.7 Å². The highest BCUT2D eigenvalue weighted by Gasteiger charge is 2.27. The van der Waals surface area contributed by atoms with Crippen LogP contribution in [0.1, 0.15) is 35.2 Å². The Kier molecular flexibility index (Phi) is 8.89. The summed E-state index contributed by atoms with van der Waals surface area (Å²) in [5, 5.41) is 16.0. The summed E-state index contributed by atoms with van der Waals surface area (Å²) < 4.78 is 0. The molecule has 0 saturated carbocycles. The molecule has 0 radical (unpaired) electrons. The van der Waals surface area contributed by atoms with E-state index in [0.717, 1.165) is 27.6 Å². The number of carboxylic acids is 1. The summed E-state index contributed by atoms with van der Waals surface area (Å²) in [6.07, 6.45) is 3.49. The highest BCUT2D eigenvalue weighted by Crippen LogP contribution is 2.21.